The van der Waals surface area contributed by atoms with Gasteiger partial charge in [0.2, 0.25) is 0 Å². The second-order valence-corrected chi connectivity index (χ2v) is 12.8. The van der Waals surface area contributed by atoms with Gasteiger partial charge in [-0.1, -0.05) is 23.7 Å². The van der Waals surface area contributed by atoms with Gasteiger partial charge in [-0.15, -0.1) is 0 Å². The van der Waals surface area contributed by atoms with Gasteiger partial charge in [0.25, 0.3) is 5.79 Å². The van der Waals surface area contributed by atoms with Gasteiger partial charge >= 0.3 is 0 Å². The van der Waals surface area contributed by atoms with Gasteiger partial charge in [0.15, 0.2) is 17.3 Å². The molecular formula is C34H34ClFN6O3. The van der Waals surface area contributed by atoms with Crippen molar-refractivity contribution in [3.8, 4) is 22.9 Å². The number of imidazole rings is 1. The smallest absolute Gasteiger partial charge is 0.278 e. The Morgan fingerprint density at radius 1 is 1.04 bits per heavy atom. The first-order chi connectivity index (χ1) is 21.8. The molecule has 3 aliphatic rings. The number of nitrogens with one attached hydrogen (secondary N) is 1. The molecule has 232 valence electrons. The van der Waals surface area contributed by atoms with Crippen LogP contribution < -0.4 is 9.47 Å². The minimum Gasteiger partial charge on any atom is -0.444 e. The molecule has 0 bridgehead atoms. The molecule has 9 nitrogen and oxygen atoms in total. The molecular weight excluding hydrogens is 595 g/mol. The van der Waals surface area contributed by atoms with Crippen LogP contribution in [-0.4, -0.2) is 55.4 Å². The monoisotopic (exact) mass is 628 g/mol. The molecule has 0 aliphatic carbocycles. The molecule has 11 heteroatoms. The summed E-state index contributed by atoms with van der Waals surface area (Å²) in [7, 11) is 0. The van der Waals surface area contributed by atoms with Crippen molar-refractivity contribution < 1.29 is 18.6 Å². The SMILES string of the molecule is Cc1nc(-c2ccc3c(c2)nc(CN2CCC(c4cccc5c4OC(C)(c4ccc(Cl)cc4F)O5)CC2)n3CC2CCO2)n[nH]1. The number of halogens is 2. The van der Waals surface area contributed by atoms with Gasteiger partial charge < -0.3 is 18.8 Å². The van der Waals surface area contributed by atoms with Gasteiger partial charge in [-0.05, 0) is 87.7 Å². The topological polar surface area (TPSA) is 90.3 Å². The fraction of sp³-hybridized carbons (Fsp3) is 0.382. The fourth-order valence-corrected chi connectivity index (χ4v) is 6.95. The molecule has 2 aromatic heterocycles. The standard InChI is InChI=1S/C34H34ClFN6O3/c1-20-37-33(40-39-20)22-6-9-29-28(16-22)38-31(42(29)18-24-12-15-43-24)19-41-13-10-21(11-14-41)25-4-3-5-30-32(25)45-34(2,44-30)26-8-7-23(35)17-27(26)36/h3-9,16-17,21,24H,10-15,18-19H2,1-2H3,(H,37,39,40). The van der Waals surface area contributed by atoms with Crippen molar-refractivity contribution in [1.82, 2.24) is 29.6 Å². The lowest BCUT2D eigenvalue weighted by Crippen LogP contribution is -2.35. The van der Waals surface area contributed by atoms with Gasteiger partial charge in [0, 0.05) is 29.7 Å². The molecule has 0 amide bonds. The zero-order valence-electron chi connectivity index (χ0n) is 25.2. The summed E-state index contributed by atoms with van der Waals surface area (Å²) in [6.45, 7) is 7.86. The summed E-state index contributed by atoms with van der Waals surface area (Å²) < 4.78 is 35.6. The molecule has 2 saturated heterocycles. The first-order valence-corrected chi connectivity index (χ1v) is 15.9. The summed E-state index contributed by atoms with van der Waals surface area (Å²) >= 11 is 6.00. The number of hydrogen-bond donors (Lipinski definition) is 1. The predicted octanol–water partition coefficient (Wildman–Crippen LogP) is 6.73. The maximum atomic E-state index is 14.9. The highest BCUT2D eigenvalue weighted by molar-refractivity contribution is 6.30. The van der Waals surface area contributed by atoms with E-state index in [2.05, 4.69) is 48.9 Å². The average Bonchev–Trinajstić information content (AvgIpc) is 3.69. The van der Waals surface area contributed by atoms with E-state index in [1.54, 1.807) is 19.1 Å². The highest BCUT2D eigenvalue weighted by Gasteiger charge is 2.43. The van der Waals surface area contributed by atoms with Crippen LogP contribution in [0.15, 0.2) is 54.6 Å². The van der Waals surface area contributed by atoms with Crippen LogP contribution in [0.25, 0.3) is 22.4 Å². The highest BCUT2D eigenvalue weighted by Crippen LogP contribution is 2.50. The Morgan fingerprint density at radius 2 is 1.89 bits per heavy atom. The van der Waals surface area contributed by atoms with Crippen molar-refractivity contribution in [1.29, 1.82) is 0 Å². The summed E-state index contributed by atoms with van der Waals surface area (Å²) in [6, 6.07) is 16.8. The van der Waals surface area contributed by atoms with Gasteiger partial charge in [-0.3, -0.25) is 10.00 Å². The first kappa shape index (κ1) is 28.5. The maximum absolute atomic E-state index is 14.9. The Balaban J connectivity index is 1.000. The average molecular weight is 629 g/mol. The van der Waals surface area contributed by atoms with E-state index >= 15 is 0 Å². The van der Waals surface area contributed by atoms with Gasteiger partial charge in [-0.2, -0.15) is 5.10 Å². The molecule has 1 N–H and O–H groups in total. The van der Waals surface area contributed by atoms with Crippen LogP contribution in [0.4, 0.5) is 4.39 Å². The summed E-state index contributed by atoms with van der Waals surface area (Å²) in [5, 5.41) is 7.59. The first-order valence-electron chi connectivity index (χ1n) is 15.5. The Kier molecular flexibility index (Phi) is 7.04. The number of aryl methyl sites for hydroxylation is 1. The third kappa shape index (κ3) is 5.24. The molecule has 5 aromatic rings. The number of ether oxygens (including phenoxy) is 3. The molecule has 2 unspecified atom stereocenters. The van der Waals surface area contributed by atoms with Crippen LogP contribution in [0.2, 0.25) is 5.02 Å². The zero-order chi connectivity index (χ0) is 30.7. The Hall–Kier alpha value is -3.99. The van der Waals surface area contributed by atoms with Gasteiger partial charge in [-0.25, -0.2) is 14.4 Å². The minimum absolute atomic E-state index is 0.219. The van der Waals surface area contributed by atoms with Crippen molar-refractivity contribution >= 4 is 22.6 Å². The molecule has 0 radical (unpaired) electrons. The second-order valence-electron chi connectivity index (χ2n) is 12.4. The predicted molar refractivity (Wildman–Crippen MR) is 168 cm³/mol. The molecule has 5 heterocycles. The molecule has 8 rings (SSSR count). The lowest BCUT2D eigenvalue weighted by atomic mass is 9.88. The van der Waals surface area contributed by atoms with E-state index in [-0.39, 0.29) is 6.10 Å². The molecule has 3 aliphatic heterocycles. The van der Waals surface area contributed by atoms with Crippen LogP contribution in [0.5, 0.6) is 11.5 Å². The van der Waals surface area contributed by atoms with Crippen molar-refractivity contribution in [2.45, 2.75) is 64.0 Å². The summed E-state index contributed by atoms with van der Waals surface area (Å²) in [6.07, 6.45) is 3.21. The van der Waals surface area contributed by atoms with Crippen LogP contribution in [0, 0.1) is 12.7 Å². The van der Waals surface area contributed by atoms with Crippen molar-refractivity contribution in [3.05, 3.63) is 88.2 Å². The Labute approximate surface area is 265 Å². The van der Waals surface area contributed by atoms with Gasteiger partial charge in [0.05, 0.1) is 35.8 Å². The van der Waals surface area contributed by atoms with E-state index in [1.807, 2.05) is 19.1 Å². The molecule has 0 saturated carbocycles. The number of aromatic nitrogens is 5. The lowest BCUT2D eigenvalue weighted by molar-refractivity contribution is -0.0712. The number of rotatable bonds is 7. The number of hydrogen-bond acceptors (Lipinski definition) is 7. The van der Waals surface area contributed by atoms with E-state index in [1.165, 1.54) is 6.07 Å². The van der Waals surface area contributed by atoms with E-state index in [0.717, 1.165) is 85.9 Å². The summed E-state index contributed by atoms with van der Waals surface area (Å²) in [5.74, 6) is 2.42. The number of fused-ring (bicyclic) bond motifs is 2. The van der Waals surface area contributed by atoms with Crippen molar-refractivity contribution in [2.24, 2.45) is 0 Å². The highest BCUT2D eigenvalue weighted by atomic mass is 35.5. The Morgan fingerprint density at radius 3 is 2.62 bits per heavy atom. The number of aromatic amines is 1. The summed E-state index contributed by atoms with van der Waals surface area (Å²) in [5.41, 5.74) is 4.41. The third-order valence-electron chi connectivity index (χ3n) is 9.29. The minimum atomic E-state index is -1.26. The van der Waals surface area contributed by atoms with Crippen molar-refractivity contribution in [2.75, 3.05) is 19.7 Å². The number of piperidine rings is 1. The van der Waals surface area contributed by atoms with Crippen LogP contribution >= 0.6 is 11.6 Å². The molecule has 2 atom stereocenters. The van der Waals surface area contributed by atoms with E-state index in [9.17, 15) is 4.39 Å². The fourth-order valence-electron chi connectivity index (χ4n) is 6.79. The Bertz CT molecular complexity index is 1900. The van der Waals surface area contributed by atoms with Crippen LogP contribution in [-0.2, 0) is 23.6 Å². The largest absolute Gasteiger partial charge is 0.444 e. The van der Waals surface area contributed by atoms with Crippen LogP contribution in [0.3, 0.4) is 0 Å². The van der Waals surface area contributed by atoms with Crippen LogP contribution in [0.1, 0.15) is 54.9 Å². The molecule has 3 aromatic carbocycles. The van der Waals surface area contributed by atoms with E-state index in [0.29, 0.717) is 33.8 Å². The summed E-state index contributed by atoms with van der Waals surface area (Å²) in [4.78, 5) is 12.1. The number of H-pyrrole nitrogens is 1. The second kappa shape index (κ2) is 11.1. The number of likely N-dealkylation sites (tertiary alicyclic amines) is 1. The van der Waals surface area contributed by atoms with Gasteiger partial charge in [0.1, 0.15) is 17.5 Å². The van der Waals surface area contributed by atoms with Crippen molar-refractivity contribution in [3.63, 3.8) is 0 Å². The normalized spacial score (nSPS) is 21.8. The molecule has 45 heavy (non-hydrogen) atoms. The zero-order valence-corrected chi connectivity index (χ0v) is 26.0. The van der Waals surface area contributed by atoms with E-state index in [4.69, 9.17) is 30.8 Å². The molecule has 2 fully saturated rings. The number of para-hydroxylation sites is 1. The number of nitrogens with zero attached hydrogens (tertiary/aromatic N) is 5. The molecule has 0 spiro atoms. The van der Waals surface area contributed by atoms with E-state index < -0.39 is 11.6 Å². The lowest BCUT2D eigenvalue weighted by Gasteiger charge is -2.33. The maximum Gasteiger partial charge on any atom is 0.278 e. The third-order valence-corrected chi connectivity index (χ3v) is 9.52. The number of benzene rings is 3. The quantitative estimate of drug-likeness (QED) is 0.214.